The van der Waals surface area contributed by atoms with Gasteiger partial charge in [-0.2, -0.15) is 0 Å². The fourth-order valence-electron chi connectivity index (χ4n) is 2.97. The largest absolute Gasteiger partial charge is 0.391 e. The van der Waals surface area contributed by atoms with Crippen LogP contribution in [0.25, 0.3) is 0 Å². The maximum atomic E-state index is 12.1. The standard InChI is InChI=1S/C20H33N3O2/c1-20(2,3)18(24)15-23-11-9-22(10-12-23)14-16-7-6-8-17(13-16)19(25)21(4)5/h6-8,13,18,24H,9-12,14-15H2,1-5H3/t18-/m0/s1. The average molecular weight is 348 g/mol. The monoisotopic (exact) mass is 347 g/mol. The van der Waals surface area contributed by atoms with Crippen LogP contribution >= 0.6 is 0 Å². The van der Waals surface area contributed by atoms with E-state index in [0.29, 0.717) is 0 Å². The van der Waals surface area contributed by atoms with Gasteiger partial charge in [-0.15, -0.1) is 0 Å². The number of aliphatic hydroxyl groups is 1. The molecule has 1 N–H and O–H groups in total. The van der Waals surface area contributed by atoms with Gasteiger partial charge in [0.2, 0.25) is 0 Å². The second-order valence-electron chi connectivity index (χ2n) is 8.36. The number of nitrogens with zero attached hydrogens (tertiary/aromatic N) is 3. The van der Waals surface area contributed by atoms with E-state index < -0.39 is 0 Å². The van der Waals surface area contributed by atoms with E-state index in [2.05, 4.69) is 36.6 Å². The van der Waals surface area contributed by atoms with Crippen molar-refractivity contribution in [3.63, 3.8) is 0 Å². The zero-order valence-electron chi connectivity index (χ0n) is 16.3. The Balaban J connectivity index is 1.86. The van der Waals surface area contributed by atoms with Crippen LogP contribution < -0.4 is 0 Å². The van der Waals surface area contributed by atoms with Gasteiger partial charge in [-0.25, -0.2) is 0 Å². The Morgan fingerprint density at radius 1 is 1.16 bits per heavy atom. The smallest absolute Gasteiger partial charge is 0.253 e. The Morgan fingerprint density at radius 3 is 2.32 bits per heavy atom. The van der Waals surface area contributed by atoms with Crippen LogP contribution in [0.3, 0.4) is 0 Å². The van der Waals surface area contributed by atoms with Crippen LogP contribution in [0.5, 0.6) is 0 Å². The molecule has 1 heterocycles. The third kappa shape index (κ3) is 5.80. The number of benzene rings is 1. The van der Waals surface area contributed by atoms with E-state index in [4.69, 9.17) is 0 Å². The lowest BCUT2D eigenvalue weighted by Crippen LogP contribution is -2.49. The van der Waals surface area contributed by atoms with Gasteiger partial charge < -0.3 is 10.0 Å². The van der Waals surface area contributed by atoms with E-state index >= 15 is 0 Å². The van der Waals surface area contributed by atoms with Crippen molar-refractivity contribution in [2.45, 2.75) is 33.4 Å². The normalized spacial score (nSPS) is 18.2. The number of rotatable bonds is 5. The summed E-state index contributed by atoms with van der Waals surface area (Å²) in [5.74, 6) is 0.0443. The van der Waals surface area contributed by atoms with Gasteiger partial charge in [0.1, 0.15) is 0 Å². The first-order chi connectivity index (χ1) is 11.7. The second kappa shape index (κ2) is 8.30. The van der Waals surface area contributed by atoms with E-state index in [1.54, 1.807) is 19.0 Å². The first kappa shape index (κ1) is 19.9. The van der Waals surface area contributed by atoms with E-state index in [0.717, 1.165) is 44.8 Å². The molecule has 0 saturated carbocycles. The maximum absolute atomic E-state index is 12.1. The zero-order chi connectivity index (χ0) is 18.6. The Hall–Kier alpha value is -1.43. The number of aliphatic hydroxyl groups excluding tert-OH is 1. The van der Waals surface area contributed by atoms with Gasteiger partial charge in [0.15, 0.2) is 0 Å². The Labute approximate surface area is 152 Å². The summed E-state index contributed by atoms with van der Waals surface area (Å²) in [4.78, 5) is 18.5. The van der Waals surface area contributed by atoms with Gasteiger partial charge >= 0.3 is 0 Å². The summed E-state index contributed by atoms with van der Waals surface area (Å²) in [6.45, 7) is 11.8. The van der Waals surface area contributed by atoms with Crippen molar-refractivity contribution in [1.82, 2.24) is 14.7 Å². The van der Waals surface area contributed by atoms with E-state index in [9.17, 15) is 9.90 Å². The van der Waals surface area contributed by atoms with Crippen molar-refractivity contribution in [2.75, 3.05) is 46.8 Å². The highest BCUT2D eigenvalue weighted by molar-refractivity contribution is 5.94. The number of amides is 1. The summed E-state index contributed by atoms with van der Waals surface area (Å²) in [7, 11) is 3.56. The van der Waals surface area contributed by atoms with E-state index in [1.165, 1.54) is 5.56 Å². The molecule has 0 unspecified atom stereocenters. The Bertz CT molecular complexity index is 573. The summed E-state index contributed by atoms with van der Waals surface area (Å²) < 4.78 is 0. The van der Waals surface area contributed by atoms with Crippen LogP contribution in [0.1, 0.15) is 36.7 Å². The first-order valence-electron chi connectivity index (χ1n) is 9.10. The first-order valence-corrected chi connectivity index (χ1v) is 9.10. The highest BCUT2D eigenvalue weighted by Gasteiger charge is 2.26. The van der Waals surface area contributed by atoms with Crippen LogP contribution in [-0.4, -0.2) is 78.6 Å². The molecule has 5 nitrogen and oxygen atoms in total. The average Bonchev–Trinajstić information content (AvgIpc) is 2.55. The molecule has 1 amide bonds. The lowest BCUT2D eigenvalue weighted by atomic mass is 9.89. The minimum atomic E-state index is -0.298. The summed E-state index contributed by atoms with van der Waals surface area (Å²) in [6.07, 6.45) is -0.298. The molecular formula is C20H33N3O2. The second-order valence-corrected chi connectivity index (χ2v) is 8.36. The molecule has 1 fully saturated rings. The minimum Gasteiger partial charge on any atom is -0.391 e. The summed E-state index contributed by atoms with van der Waals surface area (Å²) in [6, 6.07) is 7.92. The highest BCUT2D eigenvalue weighted by atomic mass is 16.3. The summed E-state index contributed by atoms with van der Waals surface area (Å²) in [5, 5.41) is 10.3. The molecule has 0 radical (unpaired) electrons. The molecule has 1 atom stereocenters. The molecule has 0 bridgehead atoms. The lowest BCUT2D eigenvalue weighted by Gasteiger charge is -2.38. The number of carbonyl (C=O) groups is 1. The molecule has 1 aliphatic heterocycles. The topological polar surface area (TPSA) is 47.0 Å². The van der Waals surface area contributed by atoms with Gasteiger partial charge in [-0.3, -0.25) is 14.6 Å². The van der Waals surface area contributed by atoms with Crippen LogP contribution in [-0.2, 0) is 6.54 Å². The number of carbonyl (C=O) groups excluding carboxylic acids is 1. The molecule has 25 heavy (non-hydrogen) atoms. The fourth-order valence-corrected chi connectivity index (χ4v) is 2.97. The van der Waals surface area contributed by atoms with Crippen molar-refractivity contribution in [1.29, 1.82) is 0 Å². The number of piperazine rings is 1. The molecule has 0 aliphatic carbocycles. The molecule has 1 aromatic carbocycles. The maximum Gasteiger partial charge on any atom is 0.253 e. The van der Waals surface area contributed by atoms with Gasteiger partial charge in [-0.1, -0.05) is 32.9 Å². The predicted octanol–water partition coefficient (Wildman–Crippen LogP) is 1.91. The lowest BCUT2D eigenvalue weighted by molar-refractivity contribution is 0.0126. The van der Waals surface area contributed by atoms with Crippen LogP contribution in [0.15, 0.2) is 24.3 Å². The van der Waals surface area contributed by atoms with Crippen molar-refractivity contribution in [2.24, 2.45) is 5.41 Å². The third-order valence-electron chi connectivity index (χ3n) is 4.88. The molecule has 0 aromatic heterocycles. The van der Waals surface area contributed by atoms with Crippen LogP contribution in [0.4, 0.5) is 0 Å². The summed E-state index contributed by atoms with van der Waals surface area (Å²) >= 11 is 0. The van der Waals surface area contributed by atoms with Gasteiger partial charge in [0.05, 0.1) is 6.10 Å². The molecular weight excluding hydrogens is 314 g/mol. The quantitative estimate of drug-likeness (QED) is 0.884. The Morgan fingerprint density at radius 2 is 1.76 bits per heavy atom. The molecule has 1 aliphatic rings. The van der Waals surface area contributed by atoms with Crippen molar-refractivity contribution in [3.8, 4) is 0 Å². The minimum absolute atomic E-state index is 0.0443. The number of β-amino-alcohol motifs (C(OH)–C–C–N with tert-alkyl or cyclic N) is 1. The third-order valence-corrected chi connectivity index (χ3v) is 4.88. The Kier molecular flexibility index (Phi) is 6.60. The van der Waals surface area contributed by atoms with E-state index in [1.807, 2.05) is 18.2 Å². The van der Waals surface area contributed by atoms with Crippen molar-refractivity contribution in [3.05, 3.63) is 35.4 Å². The van der Waals surface area contributed by atoms with Crippen LogP contribution in [0.2, 0.25) is 0 Å². The van der Waals surface area contributed by atoms with Crippen molar-refractivity contribution < 1.29 is 9.90 Å². The van der Waals surface area contributed by atoms with E-state index in [-0.39, 0.29) is 17.4 Å². The summed E-state index contributed by atoms with van der Waals surface area (Å²) in [5.41, 5.74) is 1.85. The highest BCUT2D eigenvalue weighted by Crippen LogP contribution is 2.20. The predicted molar refractivity (Wildman–Crippen MR) is 102 cm³/mol. The molecule has 2 rings (SSSR count). The van der Waals surface area contributed by atoms with Gasteiger partial charge in [0, 0.05) is 58.9 Å². The molecule has 5 heteroatoms. The SMILES string of the molecule is CN(C)C(=O)c1cccc(CN2CCN(C[C@H](O)C(C)(C)C)CC2)c1. The number of hydrogen-bond acceptors (Lipinski definition) is 4. The zero-order valence-corrected chi connectivity index (χ0v) is 16.3. The molecule has 1 saturated heterocycles. The number of hydrogen-bond donors (Lipinski definition) is 1. The fraction of sp³-hybridized carbons (Fsp3) is 0.650. The molecule has 1 aromatic rings. The van der Waals surface area contributed by atoms with Gasteiger partial charge in [-0.05, 0) is 23.1 Å². The van der Waals surface area contributed by atoms with Gasteiger partial charge in [0.25, 0.3) is 5.91 Å². The van der Waals surface area contributed by atoms with Crippen LogP contribution in [0, 0.1) is 5.41 Å². The van der Waals surface area contributed by atoms with Crippen molar-refractivity contribution >= 4 is 5.91 Å². The molecule has 0 spiro atoms. The molecule has 140 valence electrons.